The van der Waals surface area contributed by atoms with Gasteiger partial charge in [0.1, 0.15) is 39.1 Å². The third-order valence-corrected chi connectivity index (χ3v) is 7.68. The summed E-state index contributed by atoms with van der Waals surface area (Å²) in [6, 6.07) is 12.0. The van der Waals surface area contributed by atoms with Gasteiger partial charge in [0.15, 0.2) is 0 Å². The number of hydrogen-bond donors (Lipinski definition) is 1. The molecule has 33 heavy (non-hydrogen) atoms. The lowest BCUT2D eigenvalue weighted by Crippen LogP contribution is -2.37. The van der Waals surface area contributed by atoms with Crippen LogP contribution in [0.1, 0.15) is 29.7 Å². The summed E-state index contributed by atoms with van der Waals surface area (Å²) in [6.45, 7) is 1.37. The lowest BCUT2D eigenvalue weighted by molar-refractivity contribution is 0.0819. The smallest absolute Gasteiger partial charge is 0.144 e. The van der Waals surface area contributed by atoms with Crippen LogP contribution in [0.4, 0.5) is 11.5 Å². The molecule has 0 aliphatic carbocycles. The van der Waals surface area contributed by atoms with Crippen LogP contribution in [0.25, 0.3) is 10.6 Å². The number of aromatic nitrogens is 2. The number of thioether (sulfide) groups is 1. The molecule has 3 heterocycles. The van der Waals surface area contributed by atoms with Crippen molar-refractivity contribution in [1.82, 2.24) is 9.97 Å². The average Bonchev–Trinajstić information content (AvgIpc) is 3.32. The van der Waals surface area contributed by atoms with E-state index in [1.807, 2.05) is 29.6 Å². The summed E-state index contributed by atoms with van der Waals surface area (Å²) in [5.74, 6) is 0.672. The van der Waals surface area contributed by atoms with Crippen LogP contribution in [0.5, 0.6) is 0 Å². The zero-order chi connectivity index (χ0) is 23.4. The minimum absolute atomic E-state index is 0.142. The fourth-order valence-electron chi connectivity index (χ4n) is 3.76. The molecule has 7 nitrogen and oxygen atoms in total. The lowest BCUT2D eigenvalue weighted by atomic mass is 10.0. The maximum absolute atomic E-state index is 9.98. The van der Waals surface area contributed by atoms with E-state index in [0.717, 1.165) is 29.1 Å². The molecule has 1 aliphatic heterocycles. The summed E-state index contributed by atoms with van der Waals surface area (Å²) in [5.41, 5.74) is 9.24. The van der Waals surface area contributed by atoms with Crippen LogP contribution < -0.4 is 10.6 Å². The Balaban J connectivity index is 1.58. The first-order chi connectivity index (χ1) is 16.0. The molecule has 0 amide bonds. The van der Waals surface area contributed by atoms with Crippen molar-refractivity contribution in [2.45, 2.75) is 29.7 Å². The second kappa shape index (κ2) is 10.4. The minimum atomic E-state index is 0.142. The lowest BCUT2D eigenvalue weighted by Gasteiger charge is -2.34. The van der Waals surface area contributed by atoms with Crippen LogP contribution in [-0.4, -0.2) is 36.3 Å². The van der Waals surface area contributed by atoms with Crippen LogP contribution in [0.2, 0.25) is 5.02 Å². The molecule has 0 saturated carbocycles. The van der Waals surface area contributed by atoms with E-state index in [2.05, 4.69) is 22.0 Å². The van der Waals surface area contributed by atoms with E-state index >= 15 is 0 Å². The second-order valence-electron chi connectivity index (χ2n) is 7.49. The SMILES string of the molecule is COC1CCN(c2c(C#N)c(N)nc(SCc3csc(-c4ccc(Cl)cc4)n3)c2C#N)CC1. The molecule has 0 unspecified atom stereocenters. The molecular formula is C23H21ClN6OS2. The van der Waals surface area contributed by atoms with Gasteiger partial charge < -0.3 is 15.4 Å². The Morgan fingerprint density at radius 3 is 2.52 bits per heavy atom. The Bertz CT molecular complexity index is 1220. The van der Waals surface area contributed by atoms with Gasteiger partial charge in [-0.2, -0.15) is 10.5 Å². The number of pyridine rings is 1. The van der Waals surface area contributed by atoms with Gasteiger partial charge in [0.2, 0.25) is 0 Å². The molecular weight excluding hydrogens is 476 g/mol. The Morgan fingerprint density at radius 1 is 1.18 bits per heavy atom. The van der Waals surface area contributed by atoms with Crippen molar-refractivity contribution in [3.05, 3.63) is 51.5 Å². The molecule has 0 spiro atoms. The molecule has 1 saturated heterocycles. The maximum atomic E-state index is 9.98. The maximum Gasteiger partial charge on any atom is 0.144 e. The number of hydrogen-bond acceptors (Lipinski definition) is 9. The number of nitriles is 2. The molecule has 168 valence electrons. The molecule has 0 radical (unpaired) electrons. The molecule has 10 heteroatoms. The van der Waals surface area contributed by atoms with E-state index < -0.39 is 0 Å². The van der Waals surface area contributed by atoms with Gasteiger partial charge in [-0.3, -0.25) is 0 Å². The Kier molecular flexibility index (Phi) is 7.36. The summed E-state index contributed by atoms with van der Waals surface area (Å²) < 4.78 is 5.45. The fraction of sp³-hybridized carbons (Fsp3) is 0.304. The number of thiazole rings is 1. The number of benzene rings is 1. The largest absolute Gasteiger partial charge is 0.382 e. The molecule has 4 rings (SSSR count). The Morgan fingerprint density at radius 2 is 1.88 bits per heavy atom. The predicted molar refractivity (Wildman–Crippen MR) is 132 cm³/mol. The molecule has 2 N–H and O–H groups in total. The number of halogens is 1. The molecule has 0 atom stereocenters. The normalized spacial score (nSPS) is 14.1. The topological polar surface area (TPSA) is 112 Å². The molecule has 3 aromatic rings. The van der Waals surface area contributed by atoms with Crippen LogP contribution >= 0.6 is 34.7 Å². The van der Waals surface area contributed by atoms with Crippen molar-refractivity contribution in [2.75, 3.05) is 30.8 Å². The summed E-state index contributed by atoms with van der Waals surface area (Å²) in [4.78, 5) is 11.2. The highest BCUT2D eigenvalue weighted by Crippen LogP contribution is 2.37. The molecule has 0 bridgehead atoms. The summed E-state index contributed by atoms with van der Waals surface area (Å²) in [6.07, 6.45) is 1.83. The Labute approximate surface area is 205 Å². The van der Waals surface area contributed by atoms with Crippen molar-refractivity contribution in [3.63, 3.8) is 0 Å². The molecule has 1 aliphatic rings. The Hall–Kier alpha value is -2.82. The number of nitrogens with two attached hydrogens (primary N) is 1. The van der Waals surface area contributed by atoms with Crippen LogP contribution in [-0.2, 0) is 10.5 Å². The van der Waals surface area contributed by atoms with Gasteiger partial charge in [-0.05, 0) is 25.0 Å². The van der Waals surface area contributed by atoms with Crippen molar-refractivity contribution < 1.29 is 4.74 Å². The second-order valence-corrected chi connectivity index (χ2v) is 9.74. The van der Waals surface area contributed by atoms with Crippen LogP contribution in [0.3, 0.4) is 0 Å². The van der Waals surface area contributed by atoms with Gasteiger partial charge in [0.05, 0.1) is 17.5 Å². The number of ether oxygens (including phenoxy) is 1. The van der Waals surface area contributed by atoms with Crippen molar-refractivity contribution in [3.8, 4) is 22.7 Å². The summed E-state index contributed by atoms with van der Waals surface area (Å²) in [5, 5.41) is 23.8. The number of rotatable bonds is 6. The highest BCUT2D eigenvalue weighted by atomic mass is 35.5. The summed E-state index contributed by atoms with van der Waals surface area (Å²) in [7, 11) is 1.71. The number of anilines is 2. The first-order valence-electron chi connectivity index (χ1n) is 10.3. The number of nitrogens with zero attached hydrogens (tertiary/aromatic N) is 5. The minimum Gasteiger partial charge on any atom is -0.382 e. The van der Waals surface area contributed by atoms with E-state index in [1.165, 1.54) is 11.8 Å². The third-order valence-electron chi connectivity index (χ3n) is 5.48. The van der Waals surface area contributed by atoms with Gasteiger partial charge in [-0.1, -0.05) is 35.5 Å². The first kappa shape index (κ1) is 23.3. The van der Waals surface area contributed by atoms with Gasteiger partial charge in [-0.15, -0.1) is 11.3 Å². The number of methoxy groups -OCH3 is 1. The van der Waals surface area contributed by atoms with E-state index in [-0.39, 0.29) is 17.5 Å². The van der Waals surface area contributed by atoms with Gasteiger partial charge in [0.25, 0.3) is 0 Å². The van der Waals surface area contributed by atoms with Gasteiger partial charge in [0, 0.05) is 41.9 Å². The standard InChI is InChI=1S/C23H21ClN6OS2/c1-31-17-6-8-30(9-7-17)20-18(10-25)21(27)29-23(19(20)11-26)33-13-16-12-32-22(28-16)14-2-4-15(24)5-3-14/h2-5,12,17H,6-9,13H2,1H3,(H2,27,29). The van der Waals surface area contributed by atoms with Crippen LogP contribution in [0.15, 0.2) is 34.7 Å². The van der Waals surface area contributed by atoms with E-state index in [0.29, 0.717) is 40.1 Å². The molecule has 1 fully saturated rings. The zero-order valence-electron chi connectivity index (χ0n) is 17.9. The predicted octanol–water partition coefficient (Wildman–Crippen LogP) is 5.09. The van der Waals surface area contributed by atoms with Gasteiger partial charge >= 0.3 is 0 Å². The van der Waals surface area contributed by atoms with E-state index in [1.54, 1.807) is 18.4 Å². The van der Waals surface area contributed by atoms with Crippen LogP contribution in [0, 0.1) is 22.7 Å². The molecule has 2 aromatic heterocycles. The van der Waals surface area contributed by atoms with Crippen molar-refractivity contribution in [1.29, 1.82) is 10.5 Å². The highest BCUT2D eigenvalue weighted by molar-refractivity contribution is 7.98. The van der Waals surface area contributed by atoms with E-state index in [4.69, 9.17) is 27.1 Å². The number of nitrogen functional groups attached to an aromatic ring is 1. The van der Waals surface area contributed by atoms with Gasteiger partial charge in [-0.25, -0.2) is 9.97 Å². The monoisotopic (exact) mass is 496 g/mol. The van der Waals surface area contributed by atoms with Crippen molar-refractivity contribution in [2.24, 2.45) is 0 Å². The quantitative estimate of drug-likeness (QED) is 0.469. The van der Waals surface area contributed by atoms with E-state index in [9.17, 15) is 10.5 Å². The third kappa shape index (κ3) is 5.07. The van der Waals surface area contributed by atoms with Crippen molar-refractivity contribution >= 4 is 46.2 Å². The fourth-order valence-corrected chi connectivity index (χ4v) is 5.70. The summed E-state index contributed by atoms with van der Waals surface area (Å²) >= 11 is 8.93. The number of piperidine rings is 1. The first-order valence-corrected chi connectivity index (χ1v) is 12.5. The molecule has 1 aromatic carbocycles. The average molecular weight is 497 g/mol. The zero-order valence-corrected chi connectivity index (χ0v) is 20.3. The highest BCUT2D eigenvalue weighted by Gasteiger charge is 2.27.